The number of hydrogen-bond donors (Lipinski definition) is 2. The molecule has 136 valence electrons. The lowest BCUT2D eigenvalue weighted by Crippen LogP contribution is -2.05. The number of methoxy groups -OCH3 is 1. The summed E-state index contributed by atoms with van der Waals surface area (Å²) in [6.07, 6.45) is 7.50. The van der Waals surface area contributed by atoms with Crippen molar-refractivity contribution in [1.82, 2.24) is 0 Å². The van der Waals surface area contributed by atoms with E-state index in [-0.39, 0.29) is 12.4 Å². The second-order valence-corrected chi connectivity index (χ2v) is 5.07. The van der Waals surface area contributed by atoms with Crippen LogP contribution in [0.1, 0.15) is 20.8 Å². The fraction of sp³-hybridized carbons (Fsp3) is 0.263. The summed E-state index contributed by atoms with van der Waals surface area (Å²) in [5.41, 5.74) is 3.00. The Bertz CT molecular complexity index is 615. The summed E-state index contributed by atoms with van der Waals surface area (Å²) in [5, 5.41) is 9.61. The van der Waals surface area contributed by atoms with Gasteiger partial charge in [-0.05, 0) is 49.8 Å². The summed E-state index contributed by atoms with van der Waals surface area (Å²) >= 11 is 0. The van der Waals surface area contributed by atoms with E-state index in [9.17, 15) is 4.79 Å². The maximum atomic E-state index is 10.9. The van der Waals surface area contributed by atoms with E-state index < -0.39 is 0 Å². The van der Waals surface area contributed by atoms with Crippen molar-refractivity contribution in [3.8, 4) is 5.75 Å². The Morgan fingerprint density at radius 2 is 1.80 bits per heavy atom. The van der Waals surface area contributed by atoms with E-state index in [1.54, 1.807) is 13.4 Å². The molecule has 0 radical (unpaired) electrons. The Hall–Kier alpha value is -3.02. The average Bonchev–Trinajstić information content (AvgIpc) is 2.54. The molecule has 0 bridgehead atoms. The van der Waals surface area contributed by atoms with Crippen molar-refractivity contribution in [1.29, 1.82) is 0 Å². The molecular weight excluding hydrogens is 322 g/mol. The van der Waals surface area contributed by atoms with Crippen LogP contribution in [0.2, 0.25) is 0 Å². The van der Waals surface area contributed by atoms with E-state index in [1.165, 1.54) is 6.92 Å². The molecule has 6 heteroatoms. The van der Waals surface area contributed by atoms with Gasteiger partial charge in [0, 0.05) is 12.6 Å². The van der Waals surface area contributed by atoms with Crippen LogP contribution in [0.25, 0.3) is 0 Å². The number of nitrogens with one attached hydrogen (secondary N) is 1. The fourth-order valence-corrected chi connectivity index (χ4v) is 1.78. The minimum Gasteiger partial charge on any atom is -0.504 e. The van der Waals surface area contributed by atoms with Gasteiger partial charge in [-0.1, -0.05) is 17.7 Å². The van der Waals surface area contributed by atoms with Gasteiger partial charge in [-0.15, -0.1) is 0 Å². The molecule has 2 N–H and O–H groups in total. The first kappa shape index (κ1) is 22.0. The summed E-state index contributed by atoms with van der Waals surface area (Å²) in [6, 6.07) is 7.30. The number of hydrogen-bond acceptors (Lipinski definition) is 4. The van der Waals surface area contributed by atoms with Crippen LogP contribution in [0, 0.1) is 0 Å². The molecule has 6 nitrogen and oxygen atoms in total. The smallest absolute Gasteiger partial charge is 0.290 e. The normalized spacial score (nSPS) is 11.4. The predicted octanol–water partition coefficient (Wildman–Crippen LogP) is 3.78. The number of carboxylic acid groups (broad SMARTS) is 1. The summed E-state index contributed by atoms with van der Waals surface area (Å²) in [4.78, 5) is 19.3. The van der Waals surface area contributed by atoms with E-state index in [0.29, 0.717) is 6.61 Å². The molecule has 0 spiro atoms. The molecule has 0 saturated carbocycles. The second-order valence-electron chi connectivity index (χ2n) is 5.07. The van der Waals surface area contributed by atoms with E-state index in [4.69, 9.17) is 19.4 Å². The van der Waals surface area contributed by atoms with Crippen LogP contribution in [0.4, 0.5) is 5.69 Å². The number of carbonyl (C=O) groups excluding carboxylic acids is 1. The first-order valence-electron chi connectivity index (χ1n) is 7.54. The maximum absolute atomic E-state index is 10.9. The molecule has 1 aromatic carbocycles. The van der Waals surface area contributed by atoms with Gasteiger partial charge in [0.05, 0.1) is 13.4 Å². The number of ether oxygens (including phenoxy) is 2. The van der Waals surface area contributed by atoms with Gasteiger partial charge >= 0.3 is 0 Å². The van der Waals surface area contributed by atoms with Crippen LogP contribution in [0.5, 0.6) is 5.75 Å². The van der Waals surface area contributed by atoms with Crippen molar-refractivity contribution in [2.75, 3.05) is 19.0 Å². The lowest BCUT2D eigenvalue weighted by molar-refractivity contribution is -0.123. The number of anilines is 1. The van der Waals surface area contributed by atoms with E-state index in [1.807, 2.05) is 50.3 Å². The van der Waals surface area contributed by atoms with Gasteiger partial charge in [0.2, 0.25) is 5.91 Å². The van der Waals surface area contributed by atoms with Crippen LogP contribution in [-0.2, 0) is 14.3 Å². The third-order valence-electron chi connectivity index (χ3n) is 2.69. The lowest BCUT2D eigenvalue weighted by atomic mass is 10.2. The van der Waals surface area contributed by atoms with E-state index in [2.05, 4.69) is 11.4 Å². The Labute approximate surface area is 148 Å². The number of carbonyl (C=O) groups is 2. The lowest BCUT2D eigenvalue weighted by Gasteiger charge is -2.08. The van der Waals surface area contributed by atoms with Gasteiger partial charge in [0.25, 0.3) is 6.47 Å². The standard InChI is InChI=1S/C18H23NO3.CH2O2/c1-14(6-5-11-21-4)12-15(2)13-22-18-9-7-17(8-10-18)19-16(3)20;2-1-3/h5-12H,13H2,1-4H3,(H,19,20);1H,(H,2,3)/b11-5+,14-6-,15-12+;. The highest BCUT2D eigenvalue weighted by atomic mass is 16.5. The monoisotopic (exact) mass is 347 g/mol. The molecule has 0 saturated heterocycles. The topological polar surface area (TPSA) is 84.9 Å². The molecular formula is C19H25NO5. The molecule has 25 heavy (non-hydrogen) atoms. The summed E-state index contributed by atoms with van der Waals surface area (Å²) < 4.78 is 10.5. The highest BCUT2D eigenvalue weighted by Gasteiger charge is 1.98. The Balaban J connectivity index is 0.00000178. The maximum Gasteiger partial charge on any atom is 0.290 e. The number of benzene rings is 1. The Kier molecular flexibility index (Phi) is 11.8. The zero-order chi connectivity index (χ0) is 19.1. The number of rotatable bonds is 7. The van der Waals surface area contributed by atoms with Crippen molar-refractivity contribution >= 4 is 18.1 Å². The molecule has 1 rings (SSSR count). The first-order valence-corrected chi connectivity index (χ1v) is 7.54. The molecule has 0 aliphatic rings. The molecule has 1 amide bonds. The van der Waals surface area contributed by atoms with Gasteiger partial charge < -0.3 is 19.9 Å². The highest BCUT2D eigenvalue weighted by molar-refractivity contribution is 5.88. The Morgan fingerprint density at radius 3 is 2.32 bits per heavy atom. The third kappa shape index (κ3) is 12.1. The molecule has 0 fully saturated rings. The molecule has 0 heterocycles. The minimum absolute atomic E-state index is 0.0859. The largest absolute Gasteiger partial charge is 0.504 e. The van der Waals surface area contributed by atoms with Gasteiger partial charge in [0.15, 0.2) is 0 Å². The summed E-state index contributed by atoms with van der Waals surface area (Å²) in [6.45, 7) is 5.78. The van der Waals surface area contributed by atoms with Crippen LogP contribution in [-0.4, -0.2) is 31.2 Å². The predicted molar refractivity (Wildman–Crippen MR) is 98.6 cm³/mol. The van der Waals surface area contributed by atoms with Crippen LogP contribution >= 0.6 is 0 Å². The molecule has 0 aliphatic carbocycles. The van der Waals surface area contributed by atoms with Crippen LogP contribution in [0.15, 0.2) is 59.9 Å². The number of allylic oxidation sites excluding steroid dienone is 4. The zero-order valence-electron chi connectivity index (χ0n) is 15.0. The molecule has 1 aromatic rings. The minimum atomic E-state index is -0.250. The fourth-order valence-electron chi connectivity index (χ4n) is 1.78. The molecule has 0 aromatic heterocycles. The van der Waals surface area contributed by atoms with E-state index in [0.717, 1.165) is 22.6 Å². The first-order chi connectivity index (χ1) is 11.9. The van der Waals surface area contributed by atoms with Crippen molar-refractivity contribution in [2.45, 2.75) is 20.8 Å². The van der Waals surface area contributed by atoms with Crippen molar-refractivity contribution in [3.05, 3.63) is 59.9 Å². The van der Waals surface area contributed by atoms with Gasteiger partial charge in [0.1, 0.15) is 12.4 Å². The zero-order valence-corrected chi connectivity index (χ0v) is 15.0. The molecule has 0 unspecified atom stereocenters. The summed E-state index contributed by atoms with van der Waals surface area (Å²) in [7, 11) is 1.62. The average molecular weight is 347 g/mol. The molecule has 0 atom stereocenters. The van der Waals surface area contributed by atoms with Gasteiger partial charge in [-0.25, -0.2) is 0 Å². The molecule has 0 aliphatic heterocycles. The highest BCUT2D eigenvalue weighted by Crippen LogP contribution is 2.16. The quantitative estimate of drug-likeness (QED) is 0.445. The summed E-state index contributed by atoms with van der Waals surface area (Å²) in [5.74, 6) is 0.681. The third-order valence-corrected chi connectivity index (χ3v) is 2.69. The second kappa shape index (κ2) is 13.4. The van der Waals surface area contributed by atoms with Crippen molar-refractivity contribution < 1.29 is 24.2 Å². The van der Waals surface area contributed by atoms with Crippen LogP contribution in [0.3, 0.4) is 0 Å². The van der Waals surface area contributed by atoms with E-state index >= 15 is 0 Å². The Morgan fingerprint density at radius 1 is 1.20 bits per heavy atom. The van der Waals surface area contributed by atoms with Crippen LogP contribution < -0.4 is 10.1 Å². The SMILES string of the molecule is CO/C=C/C=C(C)\C=C(/C)COc1ccc(NC(C)=O)cc1.O=CO. The number of amides is 1. The van der Waals surface area contributed by atoms with Gasteiger partial charge in [-0.3, -0.25) is 9.59 Å². The van der Waals surface area contributed by atoms with Gasteiger partial charge in [-0.2, -0.15) is 0 Å². The van der Waals surface area contributed by atoms with Crippen molar-refractivity contribution in [2.24, 2.45) is 0 Å². The van der Waals surface area contributed by atoms with Crippen molar-refractivity contribution in [3.63, 3.8) is 0 Å².